The summed E-state index contributed by atoms with van der Waals surface area (Å²) < 4.78 is 22.9. The van der Waals surface area contributed by atoms with Crippen molar-refractivity contribution in [3.05, 3.63) is 64.2 Å². The molecule has 3 N–H and O–H groups in total. The highest BCUT2D eigenvalue weighted by Gasteiger charge is 2.18. The second-order valence-corrected chi connectivity index (χ2v) is 6.56. The fraction of sp³-hybridized carbons (Fsp3) is 0.200. The molecule has 1 unspecified atom stereocenters. The summed E-state index contributed by atoms with van der Waals surface area (Å²) in [5, 5.41) is 19.3. The third kappa shape index (κ3) is 4.05. The summed E-state index contributed by atoms with van der Waals surface area (Å²) in [6.45, 7) is 1.90. The van der Waals surface area contributed by atoms with Gasteiger partial charge in [-0.1, -0.05) is 31.2 Å². The number of anilines is 1. The summed E-state index contributed by atoms with van der Waals surface area (Å²) in [4.78, 5) is 10.6. The highest BCUT2D eigenvalue weighted by molar-refractivity contribution is 7.89. The monoisotopic (exact) mass is 335 g/mol. The number of primary sulfonamides is 1. The van der Waals surface area contributed by atoms with E-state index in [1.54, 1.807) is 30.3 Å². The quantitative estimate of drug-likeness (QED) is 0.622. The minimum atomic E-state index is -3.80. The molecule has 0 radical (unpaired) electrons. The Morgan fingerprint density at radius 2 is 1.91 bits per heavy atom. The lowest BCUT2D eigenvalue weighted by molar-refractivity contribution is -0.384. The first-order valence-electron chi connectivity index (χ1n) is 6.95. The van der Waals surface area contributed by atoms with Gasteiger partial charge in [-0.15, -0.1) is 0 Å². The Hall–Kier alpha value is -2.45. The van der Waals surface area contributed by atoms with Crippen molar-refractivity contribution < 1.29 is 13.3 Å². The summed E-state index contributed by atoms with van der Waals surface area (Å²) >= 11 is 0. The van der Waals surface area contributed by atoms with Gasteiger partial charge < -0.3 is 5.32 Å². The number of nitro benzene ring substituents is 1. The number of nitro groups is 1. The van der Waals surface area contributed by atoms with Crippen LogP contribution < -0.4 is 10.5 Å². The number of hydrogen-bond donors (Lipinski definition) is 2. The molecule has 0 aliphatic heterocycles. The molecule has 1 atom stereocenters. The molecule has 0 saturated heterocycles. The van der Waals surface area contributed by atoms with Crippen molar-refractivity contribution in [3.63, 3.8) is 0 Å². The van der Waals surface area contributed by atoms with Crippen molar-refractivity contribution in [3.8, 4) is 0 Å². The highest BCUT2D eigenvalue weighted by Crippen LogP contribution is 2.29. The van der Waals surface area contributed by atoms with Crippen LogP contribution >= 0.6 is 0 Å². The molecule has 8 heteroatoms. The predicted octanol–water partition coefficient (Wildman–Crippen LogP) is 2.81. The number of nitrogens with two attached hydrogens (primary N) is 1. The van der Waals surface area contributed by atoms with Crippen molar-refractivity contribution in [2.45, 2.75) is 24.3 Å². The Morgan fingerprint density at radius 1 is 1.22 bits per heavy atom. The molecule has 122 valence electrons. The molecule has 0 aliphatic carbocycles. The molecule has 0 aromatic heterocycles. The molecule has 0 saturated carbocycles. The summed E-state index contributed by atoms with van der Waals surface area (Å²) in [6.07, 6.45) is 0.611. The summed E-state index contributed by atoms with van der Waals surface area (Å²) in [5.41, 5.74) is 1.04. The van der Waals surface area contributed by atoms with Crippen LogP contribution in [0.3, 0.4) is 0 Å². The number of nitrogens with zero attached hydrogens (tertiary/aromatic N) is 1. The first kappa shape index (κ1) is 16.9. The molecule has 0 bridgehead atoms. The van der Waals surface area contributed by atoms with Gasteiger partial charge in [0.2, 0.25) is 10.0 Å². The lowest BCUT2D eigenvalue weighted by Gasteiger charge is -2.19. The average Bonchev–Trinajstić information content (AvgIpc) is 2.52. The summed E-state index contributed by atoms with van der Waals surface area (Å²) in [5.74, 6) is 0. The maximum Gasteiger partial charge on any atom is 0.292 e. The van der Waals surface area contributed by atoms with Crippen molar-refractivity contribution >= 4 is 21.4 Å². The Morgan fingerprint density at radius 3 is 2.52 bits per heavy atom. The molecular formula is C15H17N3O4S. The van der Waals surface area contributed by atoms with Crippen molar-refractivity contribution in [1.82, 2.24) is 0 Å². The second-order valence-electron chi connectivity index (χ2n) is 5.00. The number of hydrogen-bond acceptors (Lipinski definition) is 5. The van der Waals surface area contributed by atoms with Crippen LogP contribution in [-0.4, -0.2) is 13.3 Å². The van der Waals surface area contributed by atoms with E-state index in [0.717, 1.165) is 0 Å². The van der Waals surface area contributed by atoms with Gasteiger partial charge in [-0.2, -0.15) is 0 Å². The third-order valence-electron chi connectivity index (χ3n) is 3.43. The average molecular weight is 335 g/mol. The lowest BCUT2D eigenvalue weighted by atomic mass is 10.0. The van der Waals surface area contributed by atoms with Crippen molar-refractivity contribution in [2.75, 3.05) is 5.32 Å². The van der Waals surface area contributed by atoms with E-state index in [0.29, 0.717) is 17.7 Å². The van der Waals surface area contributed by atoms with Crippen LogP contribution in [0, 0.1) is 10.1 Å². The Bertz CT molecular complexity index is 821. The van der Waals surface area contributed by atoms with Gasteiger partial charge in [-0.05, 0) is 30.2 Å². The van der Waals surface area contributed by atoms with Crippen LogP contribution in [0.1, 0.15) is 24.9 Å². The molecule has 7 nitrogen and oxygen atoms in total. The summed E-state index contributed by atoms with van der Waals surface area (Å²) in [7, 11) is -3.80. The topological polar surface area (TPSA) is 115 Å². The Kier molecular flexibility index (Phi) is 4.97. The molecule has 0 aliphatic rings. The van der Waals surface area contributed by atoms with E-state index in [1.807, 2.05) is 6.92 Å². The molecular weight excluding hydrogens is 318 g/mol. The number of benzene rings is 2. The fourth-order valence-corrected chi connectivity index (χ4v) is 2.84. The number of nitrogens with one attached hydrogen (secondary N) is 1. The SMILES string of the molecule is CCC(Nc1ccccc1[N+](=O)[O-])c1cccc(S(N)(=O)=O)c1. The maximum absolute atomic E-state index is 11.5. The zero-order valence-corrected chi connectivity index (χ0v) is 13.3. The van der Waals surface area contributed by atoms with E-state index in [-0.39, 0.29) is 16.6 Å². The third-order valence-corrected chi connectivity index (χ3v) is 4.34. The van der Waals surface area contributed by atoms with Gasteiger partial charge in [-0.25, -0.2) is 13.6 Å². The van der Waals surface area contributed by atoms with Gasteiger partial charge >= 0.3 is 0 Å². The maximum atomic E-state index is 11.5. The van der Waals surface area contributed by atoms with Gasteiger partial charge in [-0.3, -0.25) is 10.1 Å². The standard InChI is InChI=1S/C15H17N3O4S/c1-2-13(11-6-5-7-12(10-11)23(16,21)22)17-14-8-3-4-9-15(14)18(19)20/h3-10,13,17H,2H2,1H3,(H2,16,21,22). The zero-order valence-electron chi connectivity index (χ0n) is 12.5. The largest absolute Gasteiger partial charge is 0.373 e. The number of sulfonamides is 1. The minimum absolute atomic E-state index is 0.0119. The van der Waals surface area contributed by atoms with E-state index in [1.165, 1.54) is 18.2 Å². The number of rotatable bonds is 6. The van der Waals surface area contributed by atoms with Gasteiger partial charge in [0.25, 0.3) is 5.69 Å². The molecule has 2 aromatic rings. The molecule has 23 heavy (non-hydrogen) atoms. The van der Waals surface area contributed by atoms with E-state index < -0.39 is 14.9 Å². The molecule has 0 heterocycles. The molecule has 0 fully saturated rings. The van der Waals surface area contributed by atoms with Crippen LogP contribution in [-0.2, 0) is 10.0 Å². The molecule has 2 rings (SSSR count). The van der Waals surface area contributed by atoms with Gasteiger partial charge in [0, 0.05) is 6.07 Å². The first-order valence-corrected chi connectivity index (χ1v) is 8.50. The van der Waals surface area contributed by atoms with Crippen LogP contribution in [0.15, 0.2) is 53.4 Å². The predicted molar refractivity (Wildman–Crippen MR) is 87.6 cm³/mol. The van der Waals surface area contributed by atoms with Crippen molar-refractivity contribution in [1.29, 1.82) is 0 Å². The van der Waals surface area contributed by atoms with E-state index in [4.69, 9.17) is 5.14 Å². The Balaban J connectivity index is 2.37. The van der Waals surface area contributed by atoms with Gasteiger partial charge in [0.1, 0.15) is 5.69 Å². The van der Waals surface area contributed by atoms with Crippen LogP contribution in [0.2, 0.25) is 0 Å². The second kappa shape index (κ2) is 6.76. The van der Waals surface area contributed by atoms with E-state index in [2.05, 4.69) is 5.32 Å². The Labute approximate surface area is 134 Å². The van der Waals surface area contributed by atoms with Crippen LogP contribution in [0.5, 0.6) is 0 Å². The van der Waals surface area contributed by atoms with Crippen LogP contribution in [0.25, 0.3) is 0 Å². The summed E-state index contributed by atoms with van der Waals surface area (Å²) in [6, 6.07) is 12.3. The number of para-hydroxylation sites is 2. The van der Waals surface area contributed by atoms with Crippen molar-refractivity contribution in [2.24, 2.45) is 5.14 Å². The van der Waals surface area contributed by atoms with E-state index in [9.17, 15) is 18.5 Å². The normalized spacial score (nSPS) is 12.6. The first-order chi connectivity index (χ1) is 10.8. The molecule has 0 amide bonds. The zero-order chi connectivity index (χ0) is 17.0. The lowest BCUT2D eigenvalue weighted by Crippen LogP contribution is -2.15. The van der Waals surface area contributed by atoms with Crippen LogP contribution in [0.4, 0.5) is 11.4 Å². The highest BCUT2D eigenvalue weighted by atomic mass is 32.2. The van der Waals surface area contributed by atoms with Gasteiger partial charge in [0.05, 0.1) is 15.9 Å². The van der Waals surface area contributed by atoms with Gasteiger partial charge in [0.15, 0.2) is 0 Å². The fourth-order valence-electron chi connectivity index (χ4n) is 2.27. The van der Waals surface area contributed by atoms with E-state index >= 15 is 0 Å². The minimum Gasteiger partial charge on any atom is -0.373 e. The smallest absolute Gasteiger partial charge is 0.292 e. The molecule has 2 aromatic carbocycles. The molecule has 0 spiro atoms.